The van der Waals surface area contributed by atoms with Gasteiger partial charge in [-0.2, -0.15) is 16.1 Å². The first kappa shape index (κ1) is 17.1. The lowest BCUT2D eigenvalue weighted by Crippen LogP contribution is -2.38. The minimum Gasteiger partial charge on any atom is -0.495 e. The van der Waals surface area contributed by atoms with E-state index in [1.807, 2.05) is 13.2 Å². The molecule has 114 valence electrons. The summed E-state index contributed by atoms with van der Waals surface area (Å²) in [5, 5.41) is 0. The van der Waals surface area contributed by atoms with Crippen LogP contribution in [0.1, 0.15) is 13.3 Å². The van der Waals surface area contributed by atoms with Crippen molar-refractivity contribution in [2.24, 2.45) is 0 Å². The molecule has 1 rings (SSSR count). The fourth-order valence-corrected chi connectivity index (χ4v) is 4.27. The molecule has 0 radical (unpaired) electrons. The highest BCUT2D eigenvalue weighted by Gasteiger charge is 2.27. The van der Waals surface area contributed by atoms with Gasteiger partial charge in [-0.15, -0.1) is 0 Å². The Hall–Kier alpha value is -0.920. The number of anilines is 1. The predicted octanol–water partition coefficient (Wildman–Crippen LogP) is 2.04. The third-order valence-corrected chi connectivity index (χ3v) is 5.85. The van der Waals surface area contributed by atoms with Crippen LogP contribution < -0.4 is 10.5 Å². The van der Waals surface area contributed by atoms with Crippen LogP contribution in [0.3, 0.4) is 0 Å². The summed E-state index contributed by atoms with van der Waals surface area (Å²) in [5.74, 6) is 1.13. The summed E-state index contributed by atoms with van der Waals surface area (Å²) in [6, 6.07) is 4.50. The summed E-state index contributed by atoms with van der Waals surface area (Å²) >= 11 is 1.63. The lowest BCUT2D eigenvalue weighted by molar-refractivity contribution is 0.384. The van der Waals surface area contributed by atoms with Gasteiger partial charge < -0.3 is 10.5 Å². The van der Waals surface area contributed by atoms with Gasteiger partial charge in [-0.1, -0.05) is 6.92 Å². The zero-order valence-corrected chi connectivity index (χ0v) is 13.9. The van der Waals surface area contributed by atoms with Crippen molar-refractivity contribution >= 4 is 27.5 Å². The maximum absolute atomic E-state index is 12.6. The van der Waals surface area contributed by atoms with E-state index in [0.29, 0.717) is 11.4 Å². The number of benzene rings is 1. The SMILES string of the molecule is CCC(CSC)N(C)S(=O)(=O)c1ccc(N)c(OC)c1. The van der Waals surface area contributed by atoms with Gasteiger partial charge in [0, 0.05) is 24.9 Å². The highest BCUT2D eigenvalue weighted by atomic mass is 32.2. The number of thioether (sulfide) groups is 1. The summed E-state index contributed by atoms with van der Waals surface area (Å²) in [4.78, 5) is 0.200. The Morgan fingerprint density at radius 3 is 2.60 bits per heavy atom. The van der Waals surface area contributed by atoms with Crippen molar-refractivity contribution in [3.8, 4) is 5.75 Å². The van der Waals surface area contributed by atoms with Crippen molar-refractivity contribution in [3.05, 3.63) is 18.2 Å². The van der Waals surface area contributed by atoms with Crippen LogP contribution in [0.15, 0.2) is 23.1 Å². The van der Waals surface area contributed by atoms with Crippen LogP contribution in [-0.4, -0.2) is 44.9 Å². The maximum atomic E-state index is 12.6. The zero-order valence-electron chi connectivity index (χ0n) is 12.3. The molecule has 1 atom stereocenters. The Kier molecular flexibility index (Phi) is 6.16. The van der Waals surface area contributed by atoms with Crippen molar-refractivity contribution in [2.75, 3.05) is 31.9 Å². The third-order valence-electron chi connectivity index (χ3n) is 3.23. The Labute approximate surface area is 125 Å². The molecule has 20 heavy (non-hydrogen) atoms. The number of rotatable bonds is 7. The normalized spacial score (nSPS) is 13.4. The average Bonchev–Trinajstić information content (AvgIpc) is 2.44. The molecule has 7 heteroatoms. The number of ether oxygens (including phenoxy) is 1. The molecule has 1 unspecified atom stereocenters. The number of sulfonamides is 1. The summed E-state index contributed by atoms with van der Waals surface area (Å²) in [7, 11) is -0.457. The highest BCUT2D eigenvalue weighted by molar-refractivity contribution is 7.98. The molecule has 0 spiro atoms. The number of methoxy groups -OCH3 is 1. The molecule has 0 bridgehead atoms. The van der Waals surface area contributed by atoms with E-state index in [1.54, 1.807) is 24.9 Å². The molecule has 0 aromatic heterocycles. The molecule has 0 fully saturated rings. The molecular weight excluding hydrogens is 296 g/mol. The first-order chi connectivity index (χ1) is 9.38. The van der Waals surface area contributed by atoms with E-state index in [4.69, 9.17) is 10.5 Å². The molecule has 1 aromatic carbocycles. The van der Waals surface area contributed by atoms with Gasteiger partial charge in [0.2, 0.25) is 10.0 Å². The van der Waals surface area contributed by atoms with Crippen molar-refractivity contribution < 1.29 is 13.2 Å². The molecular formula is C13H22N2O3S2. The van der Waals surface area contributed by atoms with Crippen molar-refractivity contribution in [2.45, 2.75) is 24.3 Å². The van der Waals surface area contributed by atoms with Gasteiger partial charge in [-0.25, -0.2) is 8.42 Å². The number of nitrogens with zero attached hydrogens (tertiary/aromatic N) is 1. The van der Waals surface area contributed by atoms with Gasteiger partial charge in [0.1, 0.15) is 5.75 Å². The van der Waals surface area contributed by atoms with Crippen LogP contribution in [-0.2, 0) is 10.0 Å². The number of hydrogen-bond donors (Lipinski definition) is 1. The maximum Gasteiger partial charge on any atom is 0.243 e. The van der Waals surface area contributed by atoms with E-state index in [9.17, 15) is 8.42 Å². The number of nitrogen functional groups attached to an aromatic ring is 1. The predicted molar refractivity (Wildman–Crippen MR) is 84.8 cm³/mol. The summed E-state index contributed by atoms with van der Waals surface area (Å²) in [6.07, 6.45) is 2.73. The van der Waals surface area contributed by atoms with E-state index in [-0.39, 0.29) is 10.9 Å². The summed E-state index contributed by atoms with van der Waals surface area (Å²) in [6.45, 7) is 1.98. The molecule has 5 nitrogen and oxygen atoms in total. The van der Waals surface area contributed by atoms with Crippen molar-refractivity contribution in [3.63, 3.8) is 0 Å². The summed E-state index contributed by atoms with van der Waals surface area (Å²) < 4.78 is 31.7. The molecule has 0 aliphatic rings. The first-order valence-electron chi connectivity index (χ1n) is 6.29. The zero-order chi connectivity index (χ0) is 15.3. The second kappa shape index (κ2) is 7.19. The van der Waals surface area contributed by atoms with E-state index >= 15 is 0 Å². The van der Waals surface area contributed by atoms with E-state index in [2.05, 4.69) is 0 Å². The summed E-state index contributed by atoms with van der Waals surface area (Å²) in [5.41, 5.74) is 6.14. The lowest BCUT2D eigenvalue weighted by atomic mass is 10.3. The Morgan fingerprint density at radius 2 is 2.10 bits per heavy atom. The molecule has 0 aliphatic carbocycles. The molecule has 0 heterocycles. The van der Waals surface area contributed by atoms with Crippen molar-refractivity contribution in [1.82, 2.24) is 4.31 Å². The number of nitrogens with two attached hydrogens (primary N) is 1. The third kappa shape index (κ3) is 3.59. The topological polar surface area (TPSA) is 72.6 Å². The minimum atomic E-state index is -3.54. The fraction of sp³-hybridized carbons (Fsp3) is 0.538. The van der Waals surface area contributed by atoms with Crippen LogP contribution in [0.5, 0.6) is 5.75 Å². The van der Waals surface area contributed by atoms with Gasteiger partial charge in [-0.3, -0.25) is 0 Å². The second-order valence-corrected chi connectivity index (χ2v) is 7.35. The van der Waals surface area contributed by atoms with E-state index in [0.717, 1.165) is 12.2 Å². The largest absolute Gasteiger partial charge is 0.495 e. The molecule has 0 saturated heterocycles. The van der Waals surface area contributed by atoms with Gasteiger partial charge >= 0.3 is 0 Å². The van der Waals surface area contributed by atoms with E-state index < -0.39 is 10.0 Å². The van der Waals surface area contributed by atoms with Gasteiger partial charge in [0.05, 0.1) is 17.7 Å². The van der Waals surface area contributed by atoms with Crippen LogP contribution in [0.25, 0.3) is 0 Å². The lowest BCUT2D eigenvalue weighted by Gasteiger charge is -2.26. The standard InChI is InChI=1S/C13H22N2O3S2/c1-5-10(9-19-4)15(2)20(16,17)11-6-7-12(14)13(8-11)18-3/h6-8,10H,5,9,14H2,1-4H3. The van der Waals surface area contributed by atoms with Gasteiger partial charge in [0.25, 0.3) is 0 Å². The first-order valence-corrected chi connectivity index (χ1v) is 9.12. The second-order valence-electron chi connectivity index (χ2n) is 4.44. The Morgan fingerprint density at radius 1 is 1.45 bits per heavy atom. The van der Waals surface area contributed by atoms with Crippen LogP contribution >= 0.6 is 11.8 Å². The van der Waals surface area contributed by atoms with E-state index in [1.165, 1.54) is 23.5 Å². The van der Waals surface area contributed by atoms with Gasteiger partial charge in [0.15, 0.2) is 0 Å². The quantitative estimate of drug-likeness (QED) is 0.779. The van der Waals surface area contributed by atoms with Crippen molar-refractivity contribution in [1.29, 1.82) is 0 Å². The Bertz CT molecular complexity index is 547. The number of hydrogen-bond acceptors (Lipinski definition) is 5. The Balaban J connectivity index is 3.15. The fourth-order valence-electron chi connectivity index (χ4n) is 1.89. The van der Waals surface area contributed by atoms with Crippen LogP contribution in [0, 0.1) is 0 Å². The highest BCUT2D eigenvalue weighted by Crippen LogP contribution is 2.27. The monoisotopic (exact) mass is 318 g/mol. The molecule has 0 amide bonds. The van der Waals surface area contributed by atoms with Gasteiger partial charge in [-0.05, 0) is 24.8 Å². The smallest absolute Gasteiger partial charge is 0.243 e. The minimum absolute atomic E-state index is 0.0291. The molecule has 0 aliphatic heterocycles. The average molecular weight is 318 g/mol. The van der Waals surface area contributed by atoms with Crippen LogP contribution in [0.4, 0.5) is 5.69 Å². The van der Waals surface area contributed by atoms with Crippen LogP contribution in [0.2, 0.25) is 0 Å². The molecule has 0 saturated carbocycles. The molecule has 1 aromatic rings. The molecule has 2 N–H and O–H groups in total.